The average Bonchev–Trinajstić information content (AvgIpc) is 3.20. The predicted molar refractivity (Wildman–Crippen MR) is 138 cm³/mol. The minimum Gasteiger partial charge on any atom is -0.354 e. The van der Waals surface area contributed by atoms with Gasteiger partial charge in [-0.15, -0.1) is 0 Å². The van der Waals surface area contributed by atoms with Crippen molar-refractivity contribution in [3.8, 4) is 5.82 Å². The van der Waals surface area contributed by atoms with Crippen LogP contribution in [-0.4, -0.2) is 55.2 Å². The quantitative estimate of drug-likeness (QED) is 0.522. The second-order valence-electron chi connectivity index (χ2n) is 9.01. The Morgan fingerprint density at radius 1 is 1.17 bits per heavy atom. The smallest absolute Gasteiger partial charge is 0.269 e. The topological polar surface area (TPSA) is 114 Å². The van der Waals surface area contributed by atoms with Gasteiger partial charge in [0.1, 0.15) is 5.69 Å². The number of hydrogen-bond acceptors (Lipinski definition) is 6. The van der Waals surface area contributed by atoms with Crippen LogP contribution in [0, 0.1) is 0 Å². The van der Waals surface area contributed by atoms with Gasteiger partial charge in [0.05, 0.1) is 22.3 Å². The summed E-state index contributed by atoms with van der Waals surface area (Å²) in [6.07, 6.45) is 0.311. The number of fused-ring (bicyclic) bond motifs is 1. The van der Waals surface area contributed by atoms with Crippen molar-refractivity contribution in [2.24, 2.45) is 7.05 Å². The standard InChI is InChI=1S/C24H27Cl2N7O3/c1-12(2)28-24-29-18-11-32(22(35)14-6-7-16(25)17(26)9-14)13(3)8-15(18)23(36)33(24)20-10-19(21(34)27-4)31(5)30-20/h6-7,9-10,12-13H,8,11H2,1-5H3,(H,27,34)(H,28,29)/t13-/m1/s1. The first kappa shape index (κ1) is 25.7. The highest BCUT2D eigenvalue weighted by molar-refractivity contribution is 6.42. The van der Waals surface area contributed by atoms with Crippen LogP contribution >= 0.6 is 23.2 Å². The number of carbonyl (C=O) groups excluding carboxylic acids is 2. The number of aryl methyl sites for hydroxylation is 1. The van der Waals surface area contributed by atoms with Crippen LogP contribution in [0.5, 0.6) is 0 Å². The molecule has 2 aromatic heterocycles. The van der Waals surface area contributed by atoms with E-state index < -0.39 is 0 Å². The highest BCUT2D eigenvalue weighted by Gasteiger charge is 2.32. The van der Waals surface area contributed by atoms with E-state index in [2.05, 4.69) is 15.7 Å². The van der Waals surface area contributed by atoms with E-state index in [9.17, 15) is 14.4 Å². The van der Waals surface area contributed by atoms with E-state index in [0.29, 0.717) is 39.0 Å². The van der Waals surface area contributed by atoms with Crippen molar-refractivity contribution >= 4 is 41.0 Å². The summed E-state index contributed by atoms with van der Waals surface area (Å²) in [6.45, 7) is 5.88. The maximum atomic E-state index is 13.7. The summed E-state index contributed by atoms with van der Waals surface area (Å²) in [4.78, 5) is 45.7. The summed E-state index contributed by atoms with van der Waals surface area (Å²) in [5.74, 6) is 0.0167. The molecule has 12 heteroatoms. The van der Waals surface area contributed by atoms with Crippen LogP contribution in [0.3, 0.4) is 0 Å². The molecule has 190 valence electrons. The third-order valence-electron chi connectivity index (χ3n) is 6.01. The monoisotopic (exact) mass is 531 g/mol. The van der Waals surface area contributed by atoms with Gasteiger partial charge in [0.25, 0.3) is 17.4 Å². The largest absolute Gasteiger partial charge is 0.354 e. The number of nitrogens with zero attached hydrogens (tertiary/aromatic N) is 5. The molecule has 0 radical (unpaired) electrons. The molecule has 10 nitrogen and oxygen atoms in total. The Balaban J connectivity index is 1.79. The molecule has 3 aromatic rings. The molecule has 2 amide bonds. The van der Waals surface area contributed by atoms with Crippen molar-refractivity contribution in [1.82, 2.24) is 29.5 Å². The van der Waals surface area contributed by atoms with E-state index in [0.717, 1.165) is 0 Å². The Kier molecular flexibility index (Phi) is 7.10. The van der Waals surface area contributed by atoms with Crippen LogP contribution in [0.2, 0.25) is 10.0 Å². The van der Waals surface area contributed by atoms with E-state index in [-0.39, 0.29) is 47.8 Å². The van der Waals surface area contributed by atoms with Crippen LogP contribution < -0.4 is 16.2 Å². The normalized spacial score (nSPS) is 15.1. The number of amides is 2. The van der Waals surface area contributed by atoms with Gasteiger partial charge in [0, 0.05) is 43.4 Å². The second-order valence-corrected chi connectivity index (χ2v) is 9.82. The molecule has 0 saturated heterocycles. The minimum atomic E-state index is -0.321. The SMILES string of the molecule is CNC(=O)c1cc(-n2c(NC(C)C)nc3c(c2=O)C[C@@H](C)N(C(=O)c2ccc(Cl)c(Cl)c2)C3)nn1C. The van der Waals surface area contributed by atoms with Gasteiger partial charge in [-0.3, -0.25) is 19.1 Å². The molecule has 36 heavy (non-hydrogen) atoms. The third-order valence-corrected chi connectivity index (χ3v) is 6.75. The molecule has 0 unspecified atom stereocenters. The van der Waals surface area contributed by atoms with Crippen LogP contribution in [0.25, 0.3) is 5.82 Å². The lowest BCUT2D eigenvalue weighted by atomic mass is 9.98. The van der Waals surface area contributed by atoms with Gasteiger partial charge in [-0.05, 0) is 45.4 Å². The Bertz CT molecular complexity index is 1410. The molecule has 0 fully saturated rings. The fraction of sp³-hybridized carbons (Fsp3) is 0.375. The van der Waals surface area contributed by atoms with E-state index in [1.165, 1.54) is 22.4 Å². The summed E-state index contributed by atoms with van der Waals surface area (Å²) in [7, 11) is 3.16. The zero-order valence-electron chi connectivity index (χ0n) is 20.6. The molecule has 0 spiro atoms. The summed E-state index contributed by atoms with van der Waals surface area (Å²) in [5.41, 5.74) is 1.43. The van der Waals surface area contributed by atoms with Crippen molar-refractivity contribution in [3.05, 3.63) is 67.2 Å². The number of aromatic nitrogens is 4. The summed E-state index contributed by atoms with van der Waals surface area (Å²) < 4.78 is 2.80. The van der Waals surface area contributed by atoms with Gasteiger partial charge in [-0.1, -0.05) is 23.2 Å². The molecular weight excluding hydrogens is 505 g/mol. The van der Waals surface area contributed by atoms with Crippen LogP contribution in [0.15, 0.2) is 29.1 Å². The first-order chi connectivity index (χ1) is 17.0. The zero-order valence-corrected chi connectivity index (χ0v) is 22.1. The van der Waals surface area contributed by atoms with Gasteiger partial charge in [0.2, 0.25) is 5.95 Å². The molecule has 0 bridgehead atoms. The maximum Gasteiger partial charge on any atom is 0.269 e. The van der Waals surface area contributed by atoms with Crippen molar-refractivity contribution in [3.63, 3.8) is 0 Å². The lowest BCUT2D eigenvalue weighted by Gasteiger charge is -2.34. The first-order valence-electron chi connectivity index (χ1n) is 11.5. The van der Waals surface area contributed by atoms with Crippen molar-refractivity contribution in [2.45, 2.75) is 45.8 Å². The van der Waals surface area contributed by atoms with Crippen LogP contribution in [0.4, 0.5) is 5.95 Å². The summed E-state index contributed by atoms with van der Waals surface area (Å²) in [6, 6.07) is 5.99. The Labute approximate surface area is 218 Å². The molecular formula is C24H27Cl2N7O3. The van der Waals surface area contributed by atoms with Gasteiger partial charge in [0.15, 0.2) is 5.82 Å². The van der Waals surface area contributed by atoms with Crippen molar-refractivity contribution in [1.29, 1.82) is 0 Å². The minimum absolute atomic E-state index is 0.0419. The van der Waals surface area contributed by atoms with Gasteiger partial charge in [-0.25, -0.2) is 9.55 Å². The molecule has 1 aliphatic rings. The number of carbonyl (C=O) groups is 2. The summed E-state index contributed by atoms with van der Waals surface area (Å²) in [5, 5.41) is 10.8. The molecule has 3 heterocycles. The van der Waals surface area contributed by atoms with Crippen LogP contribution in [-0.2, 0) is 20.0 Å². The number of halogens is 2. The third kappa shape index (κ3) is 4.70. The Morgan fingerprint density at radius 2 is 1.89 bits per heavy atom. The number of benzene rings is 1. The Hall–Kier alpha value is -3.37. The van der Waals surface area contributed by atoms with E-state index >= 15 is 0 Å². The lowest BCUT2D eigenvalue weighted by Crippen LogP contribution is -2.46. The van der Waals surface area contributed by atoms with E-state index in [4.69, 9.17) is 28.2 Å². The lowest BCUT2D eigenvalue weighted by molar-refractivity contribution is 0.0653. The molecule has 1 atom stereocenters. The highest BCUT2D eigenvalue weighted by Crippen LogP contribution is 2.27. The number of nitrogens with one attached hydrogen (secondary N) is 2. The van der Waals surface area contributed by atoms with E-state index in [1.807, 2.05) is 20.8 Å². The number of rotatable bonds is 5. The molecule has 0 saturated carbocycles. The first-order valence-corrected chi connectivity index (χ1v) is 12.2. The predicted octanol–water partition coefficient (Wildman–Crippen LogP) is 3.04. The van der Waals surface area contributed by atoms with Crippen molar-refractivity contribution < 1.29 is 9.59 Å². The fourth-order valence-electron chi connectivity index (χ4n) is 4.20. The highest BCUT2D eigenvalue weighted by atomic mass is 35.5. The van der Waals surface area contributed by atoms with Gasteiger partial charge < -0.3 is 15.5 Å². The maximum absolute atomic E-state index is 13.7. The average molecular weight is 532 g/mol. The van der Waals surface area contributed by atoms with Gasteiger partial charge >= 0.3 is 0 Å². The number of hydrogen-bond donors (Lipinski definition) is 2. The van der Waals surface area contributed by atoms with E-state index in [1.54, 1.807) is 30.1 Å². The number of anilines is 1. The molecule has 4 rings (SSSR count). The van der Waals surface area contributed by atoms with Gasteiger partial charge in [-0.2, -0.15) is 5.10 Å². The molecule has 1 aliphatic heterocycles. The van der Waals surface area contributed by atoms with Crippen LogP contribution in [0.1, 0.15) is 52.9 Å². The summed E-state index contributed by atoms with van der Waals surface area (Å²) >= 11 is 12.1. The zero-order chi connectivity index (χ0) is 26.3. The van der Waals surface area contributed by atoms with Crippen molar-refractivity contribution in [2.75, 3.05) is 12.4 Å². The second kappa shape index (κ2) is 9.94. The fourth-order valence-corrected chi connectivity index (χ4v) is 4.49. The molecule has 2 N–H and O–H groups in total. The molecule has 0 aliphatic carbocycles. The molecule has 1 aromatic carbocycles. The Morgan fingerprint density at radius 3 is 2.53 bits per heavy atom.